The Morgan fingerprint density at radius 3 is 2.67 bits per heavy atom. The van der Waals surface area contributed by atoms with Gasteiger partial charge in [0, 0.05) is 13.0 Å². The fourth-order valence-corrected chi connectivity index (χ4v) is 5.79. The van der Waals surface area contributed by atoms with Crippen LogP contribution in [0.15, 0.2) is 29.2 Å². The standard InChI is InChI=1S/C18H22ClN3O4S/c19-14-6-2-3-7-15(14)27(24,25)13-10-16(21-11-13)26-17(23)22-18(12-20)8-4-1-5-9-18/h2-3,6-7,13,16,21H,1,4-5,8-11H2,(H,22,23)/t13-,16+/m1/s1. The number of halogens is 1. The third-order valence-corrected chi connectivity index (χ3v) is 7.79. The van der Waals surface area contributed by atoms with E-state index in [-0.39, 0.29) is 22.9 Å². The van der Waals surface area contributed by atoms with Crippen molar-refractivity contribution in [2.45, 2.75) is 60.4 Å². The van der Waals surface area contributed by atoms with Crippen LogP contribution in [0.3, 0.4) is 0 Å². The molecule has 3 rings (SSSR count). The summed E-state index contributed by atoms with van der Waals surface area (Å²) >= 11 is 6.02. The molecular formula is C18H22ClN3O4S. The lowest BCUT2D eigenvalue weighted by molar-refractivity contribution is 0.0810. The minimum Gasteiger partial charge on any atom is -0.430 e. The van der Waals surface area contributed by atoms with E-state index in [1.165, 1.54) is 12.1 Å². The second-order valence-electron chi connectivity index (χ2n) is 7.01. The van der Waals surface area contributed by atoms with Crippen molar-refractivity contribution in [2.75, 3.05) is 6.54 Å². The van der Waals surface area contributed by atoms with Crippen molar-refractivity contribution in [2.24, 2.45) is 0 Å². The second kappa shape index (κ2) is 8.05. The molecule has 1 saturated carbocycles. The van der Waals surface area contributed by atoms with Gasteiger partial charge in [-0.15, -0.1) is 0 Å². The number of amides is 1. The Labute approximate surface area is 163 Å². The average molecular weight is 412 g/mol. The molecule has 0 aromatic heterocycles. The van der Waals surface area contributed by atoms with Gasteiger partial charge in [0.15, 0.2) is 16.1 Å². The number of nitriles is 1. The fraction of sp³-hybridized carbons (Fsp3) is 0.556. The Morgan fingerprint density at radius 2 is 2.00 bits per heavy atom. The number of sulfone groups is 1. The van der Waals surface area contributed by atoms with Gasteiger partial charge in [-0.1, -0.05) is 43.0 Å². The number of benzene rings is 1. The Kier molecular flexibility index (Phi) is 5.94. The van der Waals surface area contributed by atoms with E-state index in [1.807, 2.05) is 0 Å². The maximum absolute atomic E-state index is 12.8. The summed E-state index contributed by atoms with van der Waals surface area (Å²) in [6.07, 6.45) is 2.70. The summed E-state index contributed by atoms with van der Waals surface area (Å²) in [5.41, 5.74) is -0.892. The normalized spacial score (nSPS) is 24.7. The van der Waals surface area contributed by atoms with E-state index in [2.05, 4.69) is 16.7 Å². The maximum atomic E-state index is 12.8. The summed E-state index contributed by atoms with van der Waals surface area (Å²) in [4.78, 5) is 12.3. The summed E-state index contributed by atoms with van der Waals surface area (Å²) in [6.45, 7) is 0.162. The Bertz CT molecular complexity index is 846. The zero-order chi connectivity index (χ0) is 19.5. The molecular weight excluding hydrogens is 390 g/mol. The van der Waals surface area contributed by atoms with Crippen LogP contribution >= 0.6 is 11.6 Å². The maximum Gasteiger partial charge on any atom is 0.409 e. The lowest BCUT2D eigenvalue weighted by Crippen LogP contribution is -2.50. The molecule has 2 atom stereocenters. The summed E-state index contributed by atoms with van der Waals surface area (Å²) in [5, 5.41) is 14.4. The van der Waals surface area contributed by atoms with Gasteiger partial charge >= 0.3 is 6.09 Å². The first-order valence-corrected chi connectivity index (χ1v) is 10.9. The fourth-order valence-electron chi connectivity index (χ4n) is 3.62. The van der Waals surface area contributed by atoms with E-state index in [9.17, 15) is 18.5 Å². The van der Waals surface area contributed by atoms with E-state index in [1.54, 1.807) is 12.1 Å². The molecule has 146 valence electrons. The number of carbonyl (C=O) groups is 1. The first-order valence-electron chi connectivity index (χ1n) is 8.98. The van der Waals surface area contributed by atoms with E-state index in [0.717, 1.165) is 19.3 Å². The number of carbonyl (C=O) groups excluding carboxylic acids is 1. The van der Waals surface area contributed by atoms with Gasteiger partial charge < -0.3 is 10.1 Å². The molecule has 9 heteroatoms. The first kappa shape index (κ1) is 19.9. The zero-order valence-electron chi connectivity index (χ0n) is 14.8. The summed E-state index contributed by atoms with van der Waals surface area (Å²) in [5.74, 6) is 0. The van der Waals surface area contributed by atoms with Gasteiger partial charge in [0.2, 0.25) is 0 Å². The molecule has 1 aromatic rings. The number of nitrogens with zero attached hydrogens (tertiary/aromatic N) is 1. The van der Waals surface area contributed by atoms with Crippen molar-refractivity contribution < 1.29 is 17.9 Å². The molecule has 2 aliphatic rings. The van der Waals surface area contributed by atoms with Gasteiger partial charge in [0.1, 0.15) is 5.54 Å². The van der Waals surface area contributed by atoms with Crippen molar-refractivity contribution in [1.82, 2.24) is 10.6 Å². The lowest BCUT2D eigenvalue weighted by atomic mass is 9.83. The van der Waals surface area contributed by atoms with Gasteiger partial charge in [-0.05, 0) is 25.0 Å². The van der Waals surface area contributed by atoms with Crippen LogP contribution in [0.5, 0.6) is 0 Å². The van der Waals surface area contributed by atoms with Gasteiger partial charge in [0.25, 0.3) is 0 Å². The molecule has 0 unspecified atom stereocenters. The van der Waals surface area contributed by atoms with Crippen molar-refractivity contribution in [3.63, 3.8) is 0 Å². The van der Waals surface area contributed by atoms with Crippen LogP contribution in [0.2, 0.25) is 5.02 Å². The molecule has 27 heavy (non-hydrogen) atoms. The Hall–Kier alpha value is -1.82. The number of hydrogen-bond donors (Lipinski definition) is 2. The molecule has 1 aliphatic carbocycles. The molecule has 0 spiro atoms. The quantitative estimate of drug-likeness (QED) is 0.788. The van der Waals surface area contributed by atoms with Crippen molar-refractivity contribution in [3.05, 3.63) is 29.3 Å². The van der Waals surface area contributed by atoms with Crippen LogP contribution in [0.4, 0.5) is 4.79 Å². The van der Waals surface area contributed by atoms with Crippen LogP contribution in [-0.4, -0.2) is 38.1 Å². The number of hydrogen-bond acceptors (Lipinski definition) is 6. The Balaban J connectivity index is 1.60. The highest BCUT2D eigenvalue weighted by molar-refractivity contribution is 7.92. The van der Waals surface area contributed by atoms with Crippen molar-refractivity contribution in [1.29, 1.82) is 5.26 Å². The van der Waals surface area contributed by atoms with E-state index in [4.69, 9.17) is 16.3 Å². The van der Waals surface area contributed by atoms with Crippen LogP contribution in [0.25, 0.3) is 0 Å². The SMILES string of the molecule is N#CC1(NC(=O)O[C@H]2C[C@@H](S(=O)(=O)c3ccccc3Cl)CN2)CCCCC1. The summed E-state index contributed by atoms with van der Waals surface area (Å²) in [6, 6.07) is 8.48. The summed E-state index contributed by atoms with van der Waals surface area (Å²) in [7, 11) is -3.64. The predicted molar refractivity (Wildman–Crippen MR) is 99.9 cm³/mol. The molecule has 1 aliphatic heterocycles. The molecule has 1 saturated heterocycles. The van der Waals surface area contributed by atoms with Gasteiger partial charge in [-0.25, -0.2) is 13.2 Å². The molecule has 2 fully saturated rings. The zero-order valence-corrected chi connectivity index (χ0v) is 16.4. The molecule has 1 heterocycles. The van der Waals surface area contributed by atoms with Crippen molar-refractivity contribution in [3.8, 4) is 6.07 Å². The molecule has 1 aromatic carbocycles. The van der Waals surface area contributed by atoms with E-state index < -0.39 is 32.9 Å². The Morgan fingerprint density at radius 1 is 1.30 bits per heavy atom. The topological polar surface area (TPSA) is 108 Å². The average Bonchev–Trinajstić information content (AvgIpc) is 3.12. The number of alkyl carbamates (subject to hydrolysis) is 1. The number of ether oxygens (including phenoxy) is 1. The highest BCUT2D eigenvalue weighted by Gasteiger charge is 2.39. The third kappa shape index (κ3) is 4.37. The summed E-state index contributed by atoms with van der Waals surface area (Å²) < 4.78 is 30.9. The second-order valence-corrected chi connectivity index (χ2v) is 9.62. The predicted octanol–water partition coefficient (Wildman–Crippen LogP) is 2.75. The van der Waals surface area contributed by atoms with E-state index in [0.29, 0.717) is 12.8 Å². The van der Waals surface area contributed by atoms with Crippen molar-refractivity contribution >= 4 is 27.5 Å². The molecule has 0 bridgehead atoms. The first-order chi connectivity index (χ1) is 12.9. The van der Waals surface area contributed by atoms with Crippen LogP contribution in [-0.2, 0) is 14.6 Å². The molecule has 2 N–H and O–H groups in total. The highest BCUT2D eigenvalue weighted by atomic mass is 35.5. The highest BCUT2D eigenvalue weighted by Crippen LogP contribution is 2.30. The van der Waals surface area contributed by atoms with Gasteiger partial charge in [-0.3, -0.25) is 5.32 Å². The smallest absolute Gasteiger partial charge is 0.409 e. The largest absolute Gasteiger partial charge is 0.430 e. The van der Waals surface area contributed by atoms with Crippen LogP contribution in [0, 0.1) is 11.3 Å². The molecule has 7 nitrogen and oxygen atoms in total. The van der Waals surface area contributed by atoms with Gasteiger partial charge in [0.05, 0.1) is 21.2 Å². The lowest BCUT2D eigenvalue weighted by Gasteiger charge is -2.31. The third-order valence-electron chi connectivity index (χ3n) is 5.14. The van der Waals surface area contributed by atoms with E-state index >= 15 is 0 Å². The molecule has 0 radical (unpaired) electrons. The van der Waals surface area contributed by atoms with Gasteiger partial charge in [-0.2, -0.15) is 5.26 Å². The number of nitrogens with one attached hydrogen (secondary N) is 2. The minimum atomic E-state index is -3.64. The van der Waals surface area contributed by atoms with Crippen LogP contribution < -0.4 is 10.6 Å². The minimum absolute atomic E-state index is 0.0780. The van der Waals surface area contributed by atoms with Crippen LogP contribution in [0.1, 0.15) is 38.5 Å². The monoisotopic (exact) mass is 411 g/mol. The number of rotatable bonds is 4. The molecule has 1 amide bonds.